The molecule has 0 aliphatic carbocycles. The molecular weight excluding hydrogens is 350 g/mol. The average molecular weight is 371 g/mol. The number of carbonyl (C=O) groups is 1. The molecule has 0 radical (unpaired) electrons. The Labute approximate surface area is 163 Å². The normalized spacial score (nSPS) is 11.0. The number of pyridine rings is 1. The summed E-state index contributed by atoms with van der Waals surface area (Å²) in [7, 11) is 0. The first-order chi connectivity index (χ1) is 13.4. The van der Waals surface area contributed by atoms with Gasteiger partial charge in [0.15, 0.2) is 0 Å². The Hall–Kier alpha value is -3.47. The second-order valence-electron chi connectivity index (χ2n) is 7.10. The van der Waals surface area contributed by atoms with Crippen LogP contribution in [0.25, 0.3) is 22.4 Å². The van der Waals surface area contributed by atoms with Gasteiger partial charge in [-0.15, -0.1) is 0 Å². The number of nitrogens with zero attached hydrogens (tertiary/aromatic N) is 2. The lowest BCUT2D eigenvalue weighted by Gasteiger charge is -2.14. The summed E-state index contributed by atoms with van der Waals surface area (Å²) < 4.78 is 5.37. The lowest BCUT2D eigenvalue weighted by molar-refractivity contribution is 0.102. The van der Waals surface area contributed by atoms with Crippen molar-refractivity contribution in [3.8, 4) is 11.3 Å². The van der Waals surface area contributed by atoms with E-state index in [1.165, 1.54) is 5.56 Å². The van der Waals surface area contributed by atoms with E-state index in [4.69, 9.17) is 4.52 Å². The molecule has 0 atom stereocenters. The molecule has 1 amide bonds. The summed E-state index contributed by atoms with van der Waals surface area (Å²) in [5, 5.41) is 7.72. The molecule has 28 heavy (non-hydrogen) atoms. The fourth-order valence-corrected chi connectivity index (χ4v) is 3.59. The third-order valence-corrected chi connectivity index (χ3v) is 4.85. The highest BCUT2D eigenvalue weighted by Crippen LogP contribution is 2.29. The van der Waals surface area contributed by atoms with Gasteiger partial charge in [0.1, 0.15) is 0 Å². The zero-order chi connectivity index (χ0) is 19.8. The first-order valence-corrected chi connectivity index (χ1v) is 9.15. The fraction of sp³-hybridized carbons (Fsp3) is 0.174. The second kappa shape index (κ2) is 6.93. The summed E-state index contributed by atoms with van der Waals surface area (Å²) in [5.74, 6) is -0.203. The fourth-order valence-electron chi connectivity index (χ4n) is 3.59. The predicted octanol–water partition coefficient (Wildman–Crippen LogP) is 5.38. The molecule has 2 heterocycles. The summed E-state index contributed by atoms with van der Waals surface area (Å²) in [5.41, 5.74) is 7.15. The van der Waals surface area contributed by atoms with Crippen LogP contribution >= 0.6 is 0 Å². The zero-order valence-corrected chi connectivity index (χ0v) is 16.3. The van der Waals surface area contributed by atoms with Crippen LogP contribution in [0.15, 0.2) is 53.1 Å². The van der Waals surface area contributed by atoms with Gasteiger partial charge in [-0.1, -0.05) is 53.2 Å². The molecule has 5 heteroatoms. The van der Waals surface area contributed by atoms with Gasteiger partial charge in [0, 0.05) is 11.3 Å². The maximum absolute atomic E-state index is 13.2. The van der Waals surface area contributed by atoms with Crippen molar-refractivity contribution in [2.75, 3.05) is 5.32 Å². The highest BCUT2D eigenvalue weighted by molar-refractivity contribution is 6.13. The van der Waals surface area contributed by atoms with E-state index in [0.29, 0.717) is 28.1 Å². The molecule has 1 N–H and O–H groups in total. The van der Waals surface area contributed by atoms with Gasteiger partial charge >= 0.3 is 0 Å². The number of aryl methyl sites for hydroxylation is 4. The van der Waals surface area contributed by atoms with Crippen LogP contribution in [0, 0.1) is 27.7 Å². The van der Waals surface area contributed by atoms with Gasteiger partial charge in [0.2, 0.25) is 0 Å². The van der Waals surface area contributed by atoms with Crippen molar-refractivity contribution in [1.82, 2.24) is 10.1 Å². The maximum Gasteiger partial charge on any atom is 0.259 e. The summed E-state index contributed by atoms with van der Waals surface area (Å²) in [6.45, 7) is 7.86. The highest BCUT2D eigenvalue weighted by atomic mass is 16.5. The minimum Gasteiger partial charge on any atom is -0.335 e. The van der Waals surface area contributed by atoms with Crippen molar-refractivity contribution in [3.05, 3.63) is 76.5 Å². The number of nitrogens with one attached hydrogen (secondary N) is 1. The molecule has 0 aliphatic heterocycles. The number of hydrogen-bond acceptors (Lipinski definition) is 4. The highest BCUT2D eigenvalue weighted by Gasteiger charge is 2.20. The van der Waals surface area contributed by atoms with Crippen molar-refractivity contribution >= 4 is 22.7 Å². The third-order valence-electron chi connectivity index (χ3n) is 4.85. The van der Waals surface area contributed by atoms with Crippen LogP contribution in [0.1, 0.15) is 32.7 Å². The first kappa shape index (κ1) is 17.9. The Kier molecular flexibility index (Phi) is 4.43. The van der Waals surface area contributed by atoms with E-state index in [1.54, 1.807) is 6.07 Å². The Balaban J connectivity index is 1.83. The molecule has 0 spiro atoms. The Morgan fingerprint density at radius 1 is 0.964 bits per heavy atom. The quantitative estimate of drug-likeness (QED) is 0.525. The van der Waals surface area contributed by atoms with Crippen LogP contribution in [-0.4, -0.2) is 16.0 Å². The number of amides is 1. The van der Waals surface area contributed by atoms with Crippen LogP contribution in [-0.2, 0) is 0 Å². The van der Waals surface area contributed by atoms with E-state index in [-0.39, 0.29) is 5.91 Å². The molecule has 140 valence electrons. The predicted molar refractivity (Wildman–Crippen MR) is 111 cm³/mol. The lowest BCUT2D eigenvalue weighted by Crippen LogP contribution is -2.15. The molecule has 0 aliphatic rings. The van der Waals surface area contributed by atoms with Gasteiger partial charge in [0.05, 0.1) is 22.3 Å². The topological polar surface area (TPSA) is 68.0 Å². The number of benzene rings is 2. The zero-order valence-electron chi connectivity index (χ0n) is 16.3. The smallest absolute Gasteiger partial charge is 0.259 e. The number of anilines is 1. The van der Waals surface area contributed by atoms with E-state index in [2.05, 4.69) is 27.6 Å². The summed E-state index contributed by atoms with van der Waals surface area (Å²) in [6.07, 6.45) is 0. The third kappa shape index (κ3) is 3.16. The molecule has 5 nitrogen and oxygen atoms in total. The number of rotatable bonds is 3. The van der Waals surface area contributed by atoms with Crippen molar-refractivity contribution in [2.24, 2.45) is 0 Å². The van der Waals surface area contributed by atoms with Crippen LogP contribution in [0.5, 0.6) is 0 Å². The number of aromatic nitrogens is 2. The number of fused-ring (bicyclic) bond motifs is 1. The standard InChI is InChI=1S/C23H21N3O2/c1-13-10-14(2)21(15(3)11-13)25-22(27)18-12-19(17-8-6-5-7-9-17)24-23-20(18)16(4)26-28-23/h5-12H,1-4H3,(H,25,27). The van der Waals surface area contributed by atoms with Crippen LogP contribution in [0.4, 0.5) is 5.69 Å². The van der Waals surface area contributed by atoms with E-state index >= 15 is 0 Å². The minimum atomic E-state index is -0.203. The maximum atomic E-state index is 13.2. The number of carbonyl (C=O) groups excluding carboxylic acids is 1. The van der Waals surface area contributed by atoms with Gasteiger partial charge in [0.25, 0.3) is 11.6 Å². The van der Waals surface area contributed by atoms with E-state index in [9.17, 15) is 4.79 Å². The monoisotopic (exact) mass is 371 g/mol. The van der Waals surface area contributed by atoms with Crippen molar-refractivity contribution in [2.45, 2.75) is 27.7 Å². The molecule has 4 aromatic rings. The van der Waals surface area contributed by atoms with Crippen molar-refractivity contribution in [1.29, 1.82) is 0 Å². The Morgan fingerprint density at radius 3 is 2.32 bits per heavy atom. The minimum absolute atomic E-state index is 0.203. The molecular formula is C23H21N3O2. The summed E-state index contributed by atoms with van der Waals surface area (Å²) in [4.78, 5) is 17.8. The van der Waals surface area contributed by atoms with Crippen LogP contribution < -0.4 is 5.32 Å². The molecule has 0 bridgehead atoms. The van der Waals surface area contributed by atoms with Crippen molar-refractivity contribution in [3.63, 3.8) is 0 Å². The van der Waals surface area contributed by atoms with Gasteiger partial charge in [-0.2, -0.15) is 0 Å². The largest absolute Gasteiger partial charge is 0.335 e. The van der Waals surface area contributed by atoms with E-state index in [0.717, 1.165) is 22.4 Å². The molecule has 0 saturated heterocycles. The van der Waals surface area contributed by atoms with Crippen molar-refractivity contribution < 1.29 is 9.32 Å². The summed E-state index contributed by atoms with van der Waals surface area (Å²) >= 11 is 0. The SMILES string of the molecule is Cc1cc(C)c(NC(=O)c2cc(-c3ccccc3)nc3onc(C)c23)c(C)c1. The van der Waals surface area contributed by atoms with E-state index < -0.39 is 0 Å². The molecule has 2 aromatic carbocycles. The lowest BCUT2D eigenvalue weighted by atomic mass is 10.0. The van der Waals surface area contributed by atoms with Gasteiger partial charge in [-0.3, -0.25) is 4.79 Å². The second-order valence-corrected chi connectivity index (χ2v) is 7.10. The van der Waals surface area contributed by atoms with Gasteiger partial charge < -0.3 is 9.84 Å². The molecule has 0 saturated carbocycles. The van der Waals surface area contributed by atoms with Crippen LogP contribution in [0.2, 0.25) is 0 Å². The van der Waals surface area contributed by atoms with Gasteiger partial charge in [-0.05, 0) is 44.9 Å². The first-order valence-electron chi connectivity index (χ1n) is 9.15. The Bertz CT molecular complexity index is 1170. The van der Waals surface area contributed by atoms with E-state index in [1.807, 2.05) is 58.0 Å². The summed E-state index contributed by atoms with van der Waals surface area (Å²) in [6, 6.07) is 15.6. The molecule has 4 rings (SSSR count). The molecule has 0 unspecified atom stereocenters. The molecule has 0 fully saturated rings. The van der Waals surface area contributed by atoms with Gasteiger partial charge in [-0.25, -0.2) is 4.98 Å². The molecule has 2 aromatic heterocycles. The average Bonchev–Trinajstić information content (AvgIpc) is 3.05. The number of hydrogen-bond donors (Lipinski definition) is 1. The Morgan fingerprint density at radius 2 is 1.64 bits per heavy atom. The van der Waals surface area contributed by atoms with Crippen LogP contribution in [0.3, 0.4) is 0 Å².